The van der Waals surface area contributed by atoms with Crippen LogP contribution < -0.4 is 16.2 Å². The average molecular weight is 281 g/mol. The van der Waals surface area contributed by atoms with Crippen LogP contribution in [0.5, 0.6) is 5.75 Å². The van der Waals surface area contributed by atoms with E-state index < -0.39 is 11.6 Å². The number of Topliss-reactive ketones (excluding diaryl/α,β-unsaturated/α-hetero) is 1. The van der Waals surface area contributed by atoms with Gasteiger partial charge in [0.15, 0.2) is 5.78 Å². The molecule has 1 aliphatic carbocycles. The van der Waals surface area contributed by atoms with Crippen molar-refractivity contribution in [3.63, 3.8) is 0 Å². The molecule has 0 aliphatic heterocycles. The number of ketones is 1. The fraction of sp³-hybridized carbons (Fsp3) is 0.214. The second-order valence-corrected chi connectivity index (χ2v) is 4.26. The molecule has 0 spiro atoms. The Bertz CT molecular complexity index is 511. The van der Waals surface area contributed by atoms with E-state index in [1.165, 1.54) is 0 Å². The van der Waals surface area contributed by atoms with Gasteiger partial charge in [0.25, 0.3) is 0 Å². The summed E-state index contributed by atoms with van der Waals surface area (Å²) in [5.74, 6) is 0.499. The van der Waals surface area contributed by atoms with E-state index >= 15 is 0 Å². The van der Waals surface area contributed by atoms with E-state index in [0.29, 0.717) is 11.3 Å². The van der Waals surface area contributed by atoms with Crippen molar-refractivity contribution in [3.05, 3.63) is 54.1 Å². The lowest BCUT2D eigenvalue weighted by Crippen LogP contribution is -2.59. The molecule has 2 rings (SSSR count). The van der Waals surface area contributed by atoms with Gasteiger partial charge in [-0.1, -0.05) is 24.3 Å². The highest BCUT2D eigenvalue weighted by molar-refractivity contribution is 6.05. The molecular weight excluding hydrogens is 264 g/mol. The Morgan fingerprint density at radius 1 is 1.26 bits per heavy atom. The van der Waals surface area contributed by atoms with Crippen LogP contribution in [0.4, 0.5) is 0 Å². The van der Waals surface area contributed by atoms with Crippen molar-refractivity contribution in [2.75, 3.05) is 7.11 Å². The molecule has 0 bridgehead atoms. The summed E-state index contributed by atoms with van der Waals surface area (Å²) in [4.78, 5) is 12.4. The number of methoxy groups -OCH3 is 1. The molecule has 0 fully saturated rings. The Kier molecular flexibility index (Phi) is 4.89. The summed E-state index contributed by atoms with van der Waals surface area (Å²) in [5, 5.41) is 0. The van der Waals surface area contributed by atoms with E-state index in [9.17, 15) is 4.79 Å². The molecule has 1 aromatic rings. The van der Waals surface area contributed by atoms with E-state index in [4.69, 9.17) is 16.2 Å². The van der Waals surface area contributed by atoms with E-state index in [0.717, 1.165) is 0 Å². The minimum absolute atomic E-state index is 0. The van der Waals surface area contributed by atoms with Gasteiger partial charge < -0.3 is 16.2 Å². The number of rotatable bonds is 3. The molecule has 0 saturated carbocycles. The third-order valence-corrected chi connectivity index (χ3v) is 3.10. The third kappa shape index (κ3) is 2.87. The fourth-order valence-electron chi connectivity index (χ4n) is 1.89. The number of benzene rings is 1. The van der Waals surface area contributed by atoms with E-state index in [-0.39, 0.29) is 18.2 Å². The number of allylic oxidation sites excluding steroid dienone is 2. The van der Waals surface area contributed by atoms with E-state index in [2.05, 4.69) is 0 Å². The zero-order valence-electron chi connectivity index (χ0n) is 10.6. The summed E-state index contributed by atoms with van der Waals surface area (Å²) in [5.41, 5.74) is 11.3. The standard InChI is InChI=1S/C14H16N2O2.ClH/c1-18-11-7-5-10(6-8-11)13(17)14(16)9-3-2-4-12(14)15;/h2-9,12H,15-16H2,1H3;1H. The summed E-state index contributed by atoms with van der Waals surface area (Å²) in [6, 6.07) is 6.32. The molecule has 0 radical (unpaired) electrons. The molecule has 2 atom stereocenters. The number of hydrogen-bond acceptors (Lipinski definition) is 4. The molecule has 0 heterocycles. The first kappa shape index (κ1) is 15.4. The second kappa shape index (κ2) is 6.02. The van der Waals surface area contributed by atoms with Gasteiger partial charge in [0, 0.05) is 5.56 Å². The Morgan fingerprint density at radius 3 is 2.42 bits per heavy atom. The minimum Gasteiger partial charge on any atom is -0.497 e. The van der Waals surface area contributed by atoms with Gasteiger partial charge >= 0.3 is 0 Å². The first-order valence-corrected chi connectivity index (χ1v) is 5.67. The van der Waals surface area contributed by atoms with E-state index in [1.54, 1.807) is 55.7 Å². The maximum atomic E-state index is 12.4. The Hall–Kier alpha value is -1.62. The van der Waals surface area contributed by atoms with Crippen LogP contribution in [0.1, 0.15) is 10.4 Å². The maximum absolute atomic E-state index is 12.4. The summed E-state index contributed by atoms with van der Waals surface area (Å²) in [7, 11) is 1.58. The highest BCUT2D eigenvalue weighted by Crippen LogP contribution is 2.21. The first-order valence-electron chi connectivity index (χ1n) is 5.67. The molecule has 2 unspecified atom stereocenters. The monoisotopic (exact) mass is 280 g/mol. The summed E-state index contributed by atoms with van der Waals surface area (Å²) in [6.45, 7) is 0. The van der Waals surface area contributed by atoms with Crippen molar-refractivity contribution in [1.29, 1.82) is 0 Å². The van der Waals surface area contributed by atoms with Crippen molar-refractivity contribution in [1.82, 2.24) is 0 Å². The third-order valence-electron chi connectivity index (χ3n) is 3.10. The van der Waals surface area contributed by atoms with E-state index in [1.807, 2.05) is 0 Å². The Labute approximate surface area is 118 Å². The largest absolute Gasteiger partial charge is 0.497 e. The van der Waals surface area contributed by atoms with Crippen molar-refractivity contribution < 1.29 is 9.53 Å². The number of halogens is 1. The van der Waals surface area contributed by atoms with Gasteiger partial charge in [-0.2, -0.15) is 0 Å². The van der Waals surface area contributed by atoms with Crippen LogP contribution in [0.15, 0.2) is 48.6 Å². The van der Waals surface area contributed by atoms with Crippen molar-refractivity contribution in [2.24, 2.45) is 11.5 Å². The van der Waals surface area contributed by atoms with Crippen molar-refractivity contribution >= 4 is 18.2 Å². The molecule has 0 aromatic heterocycles. The summed E-state index contributed by atoms with van der Waals surface area (Å²) >= 11 is 0. The zero-order valence-corrected chi connectivity index (χ0v) is 11.4. The van der Waals surface area contributed by atoms with Crippen LogP contribution in [0.3, 0.4) is 0 Å². The molecule has 0 amide bonds. The number of carbonyl (C=O) groups is 1. The highest BCUT2D eigenvalue weighted by atomic mass is 35.5. The van der Waals surface area contributed by atoms with Gasteiger partial charge in [-0.15, -0.1) is 12.4 Å². The normalized spacial score (nSPS) is 24.7. The van der Waals surface area contributed by atoms with Crippen LogP contribution in [-0.2, 0) is 0 Å². The maximum Gasteiger partial charge on any atom is 0.188 e. The molecule has 19 heavy (non-hydrogen) atoms. The smallest absolute Gasteiger partial charge is 0.188 e. The Morgan fingerprint density at radius 2 is 1.89 bits per heavy atom. The predicted molar refractivity (Wildman–Crippen MR) is 77.7 cm³/mol. The number of ether oxygens (including phenoxy) is 1. The predicted octanol–water partition coefficient (Wildman–Crippen LogP) is 1.45. The van der Waals surface area contributed by atoms with Crippen molar-refractivity contribution in [2.45, 2.75) is 11.6 Å². The quantitative estimate of drug-likeness (QED) is 0.822. The van der Waals surface area contributed by atoms with Gasteiger partial charge in [0.05, 0.1) is 13.2 Å². The molecule has 102 valence electrons. The highest BCUT2D eigenvalue weighted by Gasteiger charge is 2.38. The van der Waals surface area contributed by atoms with Gasteiger partial charge in [-0.3, -0.25) is 4.79 Å². The molecule has 0 saturated heterocycles. The lowest BCUT2D eigenvalue weighted by atomic mass is 9.81. The average Bonchev–Trinajstić information content (AvgIpc) is 2.41. The van der Waals surface area contributed by atoms with Gasteiger partial charge in [-0.05, 0) is 24.3 Å². The second-order valence-electron chi connectivity index (χ2n) is 4.26. The minimum atomic E-state index is -1.18. The topological polar surface area (TPSA) is 78.3 Å². The molecule has 5 heteroatoms. The summed E-state index contributed by atoms with van der Waals surface area (Å²) < 4.78 is 5.05. The van der Waals surface area contributed by atoms with Crippen LogP contribution in [-0.4, -0.2) is 24.5 Å². The summed E-state index contributed by atoms with van der Waals surface area (Å²) in [6.07, 6.45) is 6.90. The number of carbonyl (C=O) groups excluding carboxylic acids is 1. The van der Waals surface area contributed by atoms with Gasteiger partial charge in [0.2, 0.25) is 0 Å². The van der Waals surface area contributed by atoms with Crippen LogP contribution in [0, 0.1) is 0 Å². The van der Waals surface area contributed by atoms with Crippen LogP contribution >= 0.6 is 12.4 Å². The number of nitrogens with two attached hydrogens (primary N) is 2. The van der Waals surface area contributed by atoms with Gasteiger partial charge in [-0.25, -0.2) is 0 Å². The Balaban J connectivity index is 0.00000180. The molecule has 4 N–H and O–H groups in total. The lowest BCUT2D eigenvalue weighted by molar-refractivity contribution is 0.0911. The van der Waals surface area contributed by atoms with Gasteiger partial charge in [0.1, 0.15) is 11.3 Å². The fourth-order valence-corrected chi connectivity index (χ4v) is 1.89. The molecular formula is C14H17ClN2O2. The lowest BCUT2D eigenvalue weighted by Gasteiger charge is -2.30. The van der Waals surface area contributed by atoms with Crippen molar-refractivity contribution in [3.8, 4) is 5.75 Å². The van der Waals surface area contributed by atoms with Crippen LogP contribution in [0.25, 0.3) is 0 Å². The first-order chi connectivity index (χ1) is 8.58. The van der Waals surface area contributed by atoms with Crippen LogP contribution in [0.2, 0.25) is 0 Å². The molecule has 4 nitrogen and oxygen atoms in total. The number of hydrogen-bond donors (Lipinski definition) is 2. The zero-order chi connectivity index (χ0) is 13.2. The SMILES string of the molecule is COc1ccc(C(=O)C2(N)C=CC=CC2N)cc1.Cl. The molecule has 1 aromatic carbocycles. The molecule has 1 aliphatic rings.